The molecule has 27 heavy (non-hydrogen) atoms. The minimum absolute atomic E-state index is 0. The molecule has 2 aromatic rings. The summed E-state index contributed by atoms with van der Waals surface area (Å²) < 4.78 is 0. The first-order valence-electron chi connectivity index (χ1n) is 9.65. The van der Waals surface area contributed by atoms with Crippen LogP contribution in [0.4, 0.5) is 11.4 Å². The first-order chi connectivity index (χ1) is 11.5. The van der Waals surface area contributed by atoms with Crippen LogP contribution in [0.15, 0.2) is 24.3 Å². The minimum atomic E-state index is -1.88. The molecule has 0 amide bonds. The second-order valence-electron chi connectivity index (χ2n) is 10.9. The van der Waals surface area contributed by atoms with E-state index in [2.05, 4.69) is 92.0 Å². The van der Waals surface area contributed by atoms with E-state index in [0.717, 1.165) is 16.8 Å². The Morgan fingerprint density at radius 3 is 1.41 bits per heavy atom. The Labute approximate surface area is 183 Å². The molecule has 0 saturated carbocycles. The molecule has 0 fully saturated rings. The van der Waals surface area contributed by atoms with Gasteiger partial charge in [-0.2, -0.15) is 0 Å². The number of hydrogen-bond donors (Lipinski definition) is 2. The van der Waals surface area contributed by atoms with Gasteiger partial charge in [0.15, 0.2) is 0 Å². The molecule has 4 N–H and O–H groups in total. The van der Waals surface area contributed by atoms with Gasteiger partial charge in [-0.25, -0.2) is 0 Å². The quantitative estimate of drug-likeness (QED) is 0.489. The van der Waals surface area contributed by atoms with Crippen LogP contribution in [-0.2, 0) is 21.7 Å². The molecule has 2 aromatic carbocycles. The summed E-state index contributed by atoms with van der Waals surface area (Å²) in [5.41, 5.74) is 15.0. The maximum absolute atomic E-state index is 6.80. The molecule has 0 radical (unpaired) electrons. The van der Waals surface area contributed by atoms with E-state index in [9.17, 15) is 0 Å². The van der Waals surface area contributed by atoms with Crippen LogP contribution in [0, 0.1) is 0 Å². The molecule has 0 bridgehead atoms. The summed E-state index contributed by atoms with van der Waals surface area (Å²) in [6, 6.07) is 8.61. The van der Waals surface area contributed by atoms with E-state index < -0.39 is 16.1 Å². The summed E-state index contributed by atoms with van der Waals surface area (Å²) in [7, 11) is -3.71. The van der Waals surface area contributed by atoms with Crippen molar-refractivity contribution in [2.24, 2.45) is 0 Å². The van der Waals surface area contributed by atoms with Crippen LogP contribution in [0.5, 0.6) is 0 Å². The maximum atomic E-state index is 6.80. The zero-order valence-corrected chi connectivity index (χ0v) is 22.5. The molecular weight excluding hydrogens is 396 g/mol. The summed E-state index contributed by atoms with van der Waals surface area (Å²) >= 11 is 0. The third kappa shape index (κ3) is 3.83. The Morgan fingerprint density at radius 1 is 0.630 bits per heavy atom. The van der Waals surface area contributed by atoms with E-state index in [0.29, 0.717) is 0 Å². The smallest absolute Gasteiger partial charge is 0.0886 e. The maximum Gasteiger partial charge on any atom is 0.0886 e. The molecule has 2 rings (SSSR count). The fourth-order valence-corrected chi connectivity index (χ4v) is 10.1. The first kappa shape index (κ1) is 24.5. The molecule has 0 atom stereocenters. The average Bonchev–Trinajstić information content (AvgIpc) is 2.47. The molecule has 5 heteroatoms. The molecule has 0 spiro atoms. The number of nitrogens with two attached hydrogens (primary N) is 2. The van der Waals surface area contributed by atoms with Crippen LogP contribution in [0.2, 0.25) is 36.3 Å². The number of hydrogen-bond acceptors (Lipinski definition) is 2. The Kier molecular flexibility index (Phi) is 6.68. The Balaban J connectivity index is 0.00000364. The van der Waals surface area contributed by atoms with Gasteiger partial charge in [-0.1, -0.05) is 97.2 Å². The Hall–Kier alpha value is -0.552. The first-order valence-corrected chi connectivity index (χ1v) is 15.7. The van der Waals surface area contributed by atoms with Crippen molar-refractivity contribution >= 4 is 48.7 Å². The van der Waals surface area contributed by atoms with E-state index in [4.69, 9.17) is 11.5 Å². The standard InChI is InChI=1S/C22H38N2Si2.Ti/c1-21(2,3)25(7,8)19-16-14-12-11-13-15(16)17(23)18(24)20(19)26(9,10)22(4,5)6;/h11-14H,23-24H2,1-10H3;. The molecule has 2 nitrogen and oxygen atoms in total. The van der Waals surface area contributed by atoms with Crippen LogP contribution < -0.4 is 21.8 Å². The van der Waals surface area contributed by atoms with Gasteiger partial charge in [0.1, 0.15) is 0 Å². The van der Waals surface area contributed by atoms with Crippen molar-refractivity contribution in [1.29, 1.82) is 0 Å². The molecule has 0 heterocycles. The van der Waals surface area contributed by atoms with Gasteiger partial charge in [0.05, 0.1) is 27.5 Å². The molecule has 0 aliphatic heterocycles. The van der Waals surface area contributed by atoms with Gasteiger partial charge >= 0.3 is 0 Å². The summed E-state index contributed by atoms with van der Waals surface area (Å²) in [5.74, 6) is 0. The van der Waals surface area contributed by atoms with Crippen molar-refractivity contribution in [3.63, 3.8) is 0 Å². The summed E-state index contributed by atoms with van der Waals surface area (Å²) in [4.78, 5) is 0. The number of rotatable bonds is 2. The van der Waals surface area contributed by atoms with E-state index in [1.165, 1.54) is 10.6 Å². The molecule has 0 aliphatic rings. The van der Waals surface area contributed by atoms with Crippen molar-refractivity contribution in [1.82, 2.24) is 0 Å². The van der Waals surface area contributed by atoms with E-state index in [1.807, 2.05) is 0 Å². The fraction of sp³-hybridized carbons (Fsp3) is 0.545. The van der Waals surface area contributed by atoms with Crippen LogP contribution >= 0.6 is 0 Å². The summed E-state index contributed by atoms with van der Waals surface area (Å²) in [6.45, 7) is 24.2. The molecule has 148 valence electrons. The van der Waals surface area contributed by atoms with Crippen molar-refractivity contribution in [3.05, 3.63) is 24.3 Å². The second-order valence-corrected chi connectivity index (χ2v) is 21.4. The molecule has 0 saturated heterocycles. The molecular formula is C22H38N2Si2Ti. The van der Waals surface area contributed by atoms with Crippen LogP contribution in [0.1, 0.15) is 41.5 Å². The van der Waals surface area contributed by atoms with Crippen molar-refractivity contribution in [2.75, 3.05) is 11.5 Å². The average molecular weight is 435 g/mol. The van der Waals surface area contributed by atoms with Gasteiger partial charge in [-0.15, -0.1) is 0 Å². The number of anilines is 2. The van der Waals surface area contributed by atoms with Crippen molar-refractivity contribution < 1.29 is 21.7 Å². The predicted octanol–water partition coefficient (Wildman–Crippen LogP) is 5.43. The zero-order valence-electron chi connectivity index (χ0n) is 19.0. The van der Waals surface area contributed by atoms with Gasteiger partial charge in [-0.3, -0.25) is 0 Å². The largest absolute Gasteiger partial charge is 0.397 e. The van der Waals surface area contributed by atoms with Crippen LogP contribution in [0.25, 0.3) is 10.8 Å². The number of nitrogen functional groups attached to an aromatic ring is 2. The van der Waals surface area contributed by atoms with E-state index in [-0.39, 0.29) is 31.8 Å². The van der Waals surface area contributed by atoms with Gasteiger partial charge < -0.3 is 11.5 Å². The van der Waals surface area contributed by atoms with Gasteiger partial charge in [0.25, 0.3) is 0 Å². The van der Waals surface area contributed by atoms with Crippen LogP contribution in [-0.4, -0.2) is 16.1 Å². The van der Waals surface area contributed by atoms with E-state index in [1.54, 1.807) is 5.19 Å². The van der Waals surface area contributed by atoms with Gasteiger partial charge in [0, 0.05) is 27.1 Å². The SMILES string of the molecule is CC(C)(C)[Si](C)(C)c1c(N)c(N)c2ccccc2c1[Si](C)(C)C(C)(C)C.[Ti]. The number of benzene rings is 2. The summed E-state index contributed by atoms with van der Waals surface area (Å²) in [6.07, 6.45) is 0. The predicted molar refractivity (Wildman–Crippen MR) is 126 cm³/mol. The zero-order chi connectivity index (χ0) is 20.3. The third-order valence-corrected chi connectivity index (χ3v) is 18.6. The van der Waals surface area contributed by atoms with Crippen LogP contribution in [0.3, 0.4) is 0 Å². The summed E-state index contributed by atoms with van der Waals surface area (Å²) in [5, 5.41) is 5.83. The van der Waals surface area contributed by atoms with Crippen molar-refractivity contribution in [2.45, 2.75) is 77.8 Å². The number of fused-ring (bicyclic) bond motifs is 1. The Morgan fingerprint density at radius 2 is 1.00 bits per heavy atom. The normalized spacial score (nSPS) is 13.6. The van der Waals surface area contributed by atoms with Crippen molar-refractivity contribution in [3.8, 4) is 0 Å². The molecule has 0 aromatic heterocycles. The fourth-order valence-electron chi connectivity index (χ4n) is 3.53. The van der Waals surface area contributed by atoms with Gasteiger partial charge in [0.2, 0.25) is 0 Å². The van der Waals surface area contributed by atoms with E-state index >= 15 is 0 Å². The molecule has 0 aliphatic carbocycles. The van der Waals surface area contributed by atoms with Gasteiger partial charge in [-0.05, 0) is 20.6 Å². The minimum Gasteiger partial charge on any atom is -0.397 e. The molecule has 0 unspecified atom stereocenters. The third-order valence-electron chi connectivity index (χ3n) is 7.30. The second kappa shape index (κ2) is 7.36. The monoisotopic (exact) mass is 434 g/mol. The Bertz CT molecular complexity index is 844. The topological polar surface area (TPSA) is 52.0 Å².